The maximum atomic E-state index is 13.8. The fourth-order valence-corrected chi connectivity index (χ4v) is 2.57. The van der Waals surface area contributed by atoms with E-state index in [2.05, 4.69) is 18.5 Å². The third kappa shape index (κ3) is 5.17. The zero-order valence-electron chi connectivity index (χ0n) is 11.0. The van der Waals surface area contributed by atoms with Crippen LogP contribution in [-0.2, 0) is 6.42 Å². The number of nitrogens with one attached hydrogen (secondary N) is 1. The van der Waals surface area contributed by atoms with Gasteiger partial charge in [-0.2, -0.15) is 11.8 Å². The summed E-state index contributed by atoms with van der Waals surface area (Å²) in [6.07, 6.45) is 4.94. The average molecular weight is 290 g/mol. The van der Waals surface area contributed by atoms with Crippen molar-refractivity contribution in [2.75, 3.05) is 18.6 Å². The Labute approximate surface area is 118 Å². The largest absolute Gasteiger partial charge is 0.314 e. The number of thioether (sulfide) groups is 1. The van der Waals surface area contributed by atoms with Crippen LogP contribution in [0, 0.1) is 5.82 Å². The van der Waals surface area contributed by atoms with Crippen molar-refractivity contribution in [2.24, 2.45) is 0 Å². The van der Waals surface area contributed by atoms with Gasteiger partial charge in [0.2, 0.25) is 0 Å². The molecule has 0 aromatic heterocycles. The lowest BCUT2D eigenvalue weighted by molar-refractivity contribution is 0.486. The molecule has 0 aliphatic heterocycles. The molecule has 1 N–H and O–H groups in total. The third-order valence-corrected chi connectivity index (χ3v) is 3.79. The summed E-state index contributed by atoms with van der Waals surface area (Å²) in [5, 5.41) is 3.69. The second kappa shape index (κ2) is 8.78. The standard InChI is InChI=1S/C14H21ClFNS/c1-3-8-17-12(7-9-18-2)10-11-5-4-6-13(15)14(11)16/h4-6,12,17H,3,7-10H2,1-2H3. The number of halogens is 2. The van der Waals surface area contributed by atoms with Gasteiger partial charge in [0, 0.05) is 6.04 Å². The van der Waals surface area contributed by atoms with E-state index < -0.39 is 0 Å². The molecule has 0 aliphatic rings. The molecule has 18 heavy (non-hydrogen) atoms. The SMILES string of the molecule is CCCNC(CCSC)Cc1cccc(Cl)c1F. The zero-order valence-corrected chi connectivity index (χ0v) is 12.6. The monoisotopic (exact) mass is 289 g/mol. The van der Waals surface area contributed by atoms with Crippen LogP contribution < -0.4 is 5.32 Å². The molecule has 0 spiro atoms. The summed E-state index contributed by atoms with van der Waals surface area (Å²) in [5.74, 6) is 0.815. The van der Waals surface area contributed by atoms with E-state index in [1.54, 1.807) is 6.07 Å². The Hall–Kier alpha value is -0.250. The molecule has 1 atom stereocenters. The molecule has 4 heteroatoms. The second-order valence-corrected chi connectivity index (χ2v) is 5.74. The zero-order chi connectivity index (χ0) is 13.4. The minimum atomic E-state index is -0.272. The average Bonchev–Trinajstić information content (AvgIpc) is 2.38. The van der Waals surface area contributed by atoms with Crippen LogP contribution in [0.3, 0.4) is 0 Å². The predicted octanol–water partition coefficient (Wildman–Crippen LogP) is 4.14. The normalized spacial score (nSPS) is 12.7. The molecule has 1 nitrogen and oxygen atoms in total. The Bertz CT molecular complexity index is 352. The van der Waals surface area contributed by atoms with E-state index in [0.29, 0.717) is 18.0 Å². The van der Waals surface area contributed by atoms with Gasteiger partial charge in [-0.3, -0.25) is 0 Å². The minimum Gasteiger partial charge on any atom is -0.314 e. The topological polar surface area (TPSA) is 12.0 Å². The van der Waals surface area contributed by atoms with Crippen molar-refractivity contribution >= 4 is 23.4 Å². The van der Waals surface area contributed by atoms with Gasteiger partial charge >= 0.3 is 0 Å². The fraction of sp³-hybridized carbons (Fsp3) is 0.571. The van der Waals surface area contributed by atoms with Gasteiger partial charge in [-0.25, -0.2) is 4.39 Å². The first-order chi connectivity index (χ1) is 8.69. The number of benzene rings is 1. The van der Waals surface area contributed by atoms with Crippen LogP contribution in [0.2, 0.25) is 5.02 Å². The lowest BCUT2D eigenvalue weighted by Crippen LogP contribution is -2.32. The summed E-state index contributed by atoms with van der Waals surface area (Å²) < 4.78 is 13.8. The van der Waals surface area contributed by atoms with Gasteiger partial charge in [0.1, 0.15) is 5.82 Å². The van der Waals surface area contributed by atoms with E-state index in [1.165, 1.54) is 0 Å². The summed E-state index contributed by atoms with van der Waals surface area (Å²) in [7, 11) is 0. The van der Waals surface area contributed by atoms with Crippen LogP contribution in [0.25, 0.3) is 0 Å². The highest BCUT2D eigenvalue weighted by atomic mass is 35.5. The van der Waals surface area contributed by atoms with Crippen LogP contribution >= 0.6 is 23.4 Å². The smallest absolute Gasteiger partial charge is 0.145 e. The number of rotatable bonds is 8. The van der Waals surface area contributed by atoms with Crippen molar-refractivity contribution in [3.05, 3.63) is 34.6 Å². The highest BCUT2D eigenvalue weighted by Gasteiger charge is 2.13. The Morgan fingerprint density at radius 3 is 2.89 bits per heavy atom. The van der Waals surface area contributed by atoms with Crippen LogP contribution in [0.1, 0.15) is 25.3 Å². The van der Waals surface area contributed by atoms with Gasteiger partial charge in [0.25, 0.3) is 0 Å². The van der Waals surface area contributed by atoms with Gasteiger partial charge in [-0.1, -0.05) is 30.7 Å². The molecule has 0 fully saturated rings. The molecule has 0 aliphatic carbocycles. The van der Waals surface area contributed by atoms with Crippen LogP contribution in [0.5, 0.6) is 0 Å². The highest BCUT2D eigenvalue weighted by Crippen LogP contribution is 2.20. The summed E-state index contributed by atoms with van der Waals surface area (Å²) in [6.45, 7) is 3.11. The van der Waals surface area contributed by atoms with Crippen LogP contribution in [0.4, 0.5) is 4.39 Å². The first-order valence-corrected chi connectivity index (χ1v) is 8.11. The molecule has 0 radical (unpaired) electrons. The Kier molecular flexibility index (Phi) is 7.71. The van der Waals surface area contributed by atoms with E-state index in [1.807, 2.05) is 23.9 Å². The quantitative estimate of drug-likeness (QED) is 0.772. The molecule has 0 saturated carbocycles. The van der Waals surface area contributed by atoms with Crippen molar-refractivity contribution in [3.63, 3.8) is 0 Å². The van der Waals surface area contributed by atoms with Crippen LogP contribution in [-0.4, -0.2) is 24.6 Å². The van der Waals surface area contributed by atoms with Crippen molar-refractivity contribution < 1.29 is 4.39 Å². The lowest BCUT2D eigenvalue weighted by Gasteiger charge is -2.18. The summed E-state index contributed by atoms with van der Waals surface area (Å²) in [5.41, 5.74) is 0.706. The van der Waals surface area contributed by atoms with E-state index >= 15 is 0 Å². The summed E-state index contributed by atoms with van der Waals surface area (Å²) in [4.78, 5) is 0. The van der Waals surface area contributed by atoms with E-state index in [9.17, 15) is 4.39 Å². The van der Waals surface area contributed by atoms with Crippen molar-refractivity contribution in [3.8, 4) is 0 Å². The summed E-state index contributed by atoms with van der Waals surface area (Å²) >= 11 is 7.63. The number of hydrogen-bond acceptors (Lipinski definition) is 2. The van der Waals surface area contributed by atoms with Crippen molar-refractivity contribution in [1.29, 1.82) is 0 Å². The molecule has 1 aromatic carbocycles. The van der Waals surface area contributed by atoms with E-state index in [0.717, 1.165) is 25.1 Å². The van der Waals surface area contributed by atoms with Crippen molar-refractivity contribution in [2.45, 2.75) is 32.2 Å². The fourth-order valence-electron chi connectivity index (χ4n) is 1.86. The maximum Gasteiger partial charge on any atom is 0.145 e. The van der Waals surface area contributed by atoms with E-state index in [-0.39, 0.29) is 10.8 Å². The molecular weight excluding hydrogens is 269 g/mol. The minimum absolute atomic E-state index is 0.214. The van der Waals surface area contributed by atoms with E-state index in [4.69, 9.17) is 11.6 Å². The first-order valence-electron chi connectivity index (χ1n) is 6.34. The third-order valence-electron chi connectivity index (χ3n) is 2.85. The van der Waals surface area contributed by atoms with Gasteiger partial charge in [-0.15, -0.1) is 0 Å². The molecule has 1 aromatic rings. The van der Waals surface area contributed by atoms with Gasteiger partial charge < -0.3 is 5.32 Å². The molecular formula is C14H21ClFNS. The molecule has 0 heterocycles. The molecule has 0 bridgehead atoms. The number of hydrogen-bond donors (Lipinski definition) is 1. The Morgan fingerprint density at radius 1 is 1.44 bits per heavy atom. The molecule has 0 amide bonds. The maximum absolute atomic E-state index is 13.8. The predicted molar refractivity (Wildman–Crippen MR) is 80.2 cm³/mol. The Morgan fingerprint density at radius 2 is 2.22 bits per heavy atom. The summed E-state index contributed by atoms with van der Waals surface area (Å²) in [6, 6.07) is 5.55. The first kappa shape index (κ1) is 15.8. The van der Waals surface area contributed by atoms with Gasteiger partial charge in [0.15, 0.2) is 0 Å². The van der Waals surface area contributed by atoms with Crippen molar-refractivity contribution in [1.82, 2.24) is 5.32 Å². The Balaban J connectivity index is 2.65. The molecule has 1 rings (SSSR count). The van der Waals surface area contributed by atoms with Gasteiger partial charge in [-0.05, 0) is 49.4 Å². The van der Waals surface area contributed by atoms with Crippen LogP contribution in [0.15, 0.2) is 18.2 Å². The van der Waals surface area contributed by atoms with Gasteiger partial charge in [0.05, 0.1) is 5.02 Å². The second-order valence-electron chi connectivity index (χ2n) is 4.35. The molecule has 0 saturated heterocycles. The molecule has 102 valence electrons. The molecule has 1 unspecified atom stereocenters. The lowest BCUT2D eigenvalue weighted by atomic mass is 10.0. The highest BCUT2D eigenvalue weighted by molar-refractivity contribution is 7.98.